The Balaban J connectivity index is 1.80. The van der Waals surface area contributed by atoms with Crippen molar-refractivity contribution in [2.75, 3.05) is 0 Å². The van der Waals surface area contributed by atoms with Gasteiger partial charge in [-0.05, 0) is 24.0 Å². The molecular formula is C27H36N8O6. The third-order valence-corrected chi connectivity index (χ3v) is 6.66. The molecule has 14 heteroatoms. The largest absolute Gasteiger partial charge is 0.480 e. The van der Waals surface area contributed by atoms with Gasteiger partial charge in [-0.1, -0.05) is 32.0 Å². The van der Waals surface area contributed by atoms with E-state index in [-0.39, 0.29) is 31.6 Å². The van der Waals surface area contributed by atoms with E-state index in [2.05, 4.69) is 30.9 Å². The van der Waals surface area contributed by atoms with Gasteiger partial charge in [0, 0.05) is 48.3 Å². The summed E-state index contributed by atoms with van der Waals surface area (Å²) < 4.78 is 0. The number of aromatic nitrogens is 3. The number of aliphatic carboxylic acids is 1. The zero-order chi connectivity index (χ0) is 30.1. The Bertz CT molecular complexity index is 1370. The average molecular weight is 569 g/mol. The molecule has 41 heavy (non-hydrogen) atoms. The molecule has 220 valence electrons. The number of primary amides is 1. The van der Waals surface area contributed by atoms with Crippen LogP contribution in [0.15, 0.2) is 43.0 Å². The number of imidazole rings is 1. The van der Waals surface area contributed by atoms with Gasteiger partial charge < -0.3 is 42.5 Å². The van der Waals surface area contributed by atoms with Gasteiger partial charge in [-0.15, -0.1) is 0 Å². The maximum Gasteiger partial charge on any atom is 0.326 e. The van der Waals surface area contributed by atoms with E-state index < -0.39 is 53.8 Å². The normalized spacial score (nSPS) is 14.1. The summed E-state index contributed by atoms with van der Waals surface area (Å²) in [6.45, 7) is 3.48. The summed E-state index contributed by atoms with van der Waals surface area (Å²) in [4.78, 5) is 72.7. The molecular weight excluding hydrogens is 532 g/mol. The van der Waals surface area contributed by atoms with E-state index >= 15 is 0 Å². The third-order valence-electron chi connectivity index (χ3n) is 6.66. The molecule has 0 bridgehead atoms. The number of amides is 4. The Kier molecular flexibility index (Phi) is 10.6. The van der Waals surface area contributed by atoms with Gasteiger partial charge in [0.1, 0.15) is 18.1 Å². The number of H-pyrrole nitrogens is 2. The zero-order valence-corrected chi connectivity index (χ0v) is 22.8. The molecule has 2 heterocycles. The van der Waals surface area contributed by atoms with Crippen molar-refractivity contribution in [2.24, 2.45) is 17.4 Å². The number of rotatable bonds is 15. The van der Waals surface area contributed by atoms with Crippen LogP contribution in [0.1, 0.15) is 37.9 Å². The molecule has 10 N–H and O–H groups in total. The van der Waals surface area contributed by atoms with E-state index in [9.17, 15) is 29.1 Å². The lowest BCUT2D eigenvalue weighted by atomic mass is 10.0. The van der Waals surface area contributed by atoms with Crippen molar-refractivity contribution < 1.29 is 29.1 Å². The molecule has 4 unspecified atom stereocenters. The summed E-state index contributed by atoms with van der Waals surface area (Å²) >= 11 is 0. The number of carboxylic acids is 1. The monoisotopic (exact) mass is 568 g/mol. The number of hydrogen-bond donors (Lipinski definition) is 8. The Labute approximate surface area is 236 Å². The highest BCUT2D eigenvalue weighted by molar-refractivity contribution is 5.94. The van der Waals surface area contributed by atoms with E-state index in [1.165, 1.54) is 12.5 Å². The number of carboxylic acid groups (broad SMARTS) is 1. The number of fused-ring (bicyclic) bond motifs is 1. The number of nitrogens with one attached hydrogen (secondary N) is 5. The van der Waals surface area contributed by atoms with Crippen molar-refractivity contribution in [3.63, 3.8) is 0 Å². The summed E-state index contributed by atoms with van der Waals surface area (Å²) in [7, 11) is 0. The van der Waals surface area contributed by atoms with E-state index in [1.807, 2.05) is 24.3 Å². The average Bonchev–Trinajstić information content (AvgIpc) is 3.59. The second-order valence-corrected chi connectivity index (χ2v) is 10.1. The minimum absolute atomic E-state index is 0.0137. The van der Waals surface area contributed by atoms with Crippen LogP contribution in [0.4, 0.5) is 0 Å². The first kappa shape index (κ1) is 30.8. The second kappa shape index (κ2) is 14.1. The number of benzene rings is 1. The first-order valence-corrected chi connectivity index (χ1v) is 13.2. The molecule has 3 rings (SSSR count). The molecule has 14 nitrogen and oxygen atoms in total. The summed E-state index contributed by atoms with van der Waals surface area (Å²) in [6, 6.07) is 2.67. The molecule has 0 aliphatic heterocycles. The molecule has 0 radical (unpaired) electrons. The number of nitrogens with zero attached hydrogens (tertiary/aromatic N) is 1. The first-order valence-electron chi connectivity index (χ1n) is 13.2. The summed E-state index contributed by atoms with van der Waals surface area (Å²) in [5.41, 5.74) is 13.2. The maximum absolute atomic E-state index is 13.4. The molecule has 0 saturated carbocycles. The maximum atomic E-state index is 13.4. The van der Waals surface area contributed by atoms with Crippen LogP contribution < -0.4 is 27.4 Å². The number of aromatic amines is 2. The fourth-order valence-electron chi connectivity index (χ4n) is 4.22. The molecule has 1 aromatic carbocycles. The summed E-state index contributed by atoms with van der Waals surface area (Å²) in [6.07, 6.45) is 4.13. The van der Waals surface area contributed by atoms with Crippen LogP contribution in [0.2, 0.25) is 0 Å². The van der Waals surface area contributed by atoms with Crippen molar-refractivity contribution in [3.05, 3.63) is 54.2 Å². The van der Waals surface area contributed by atoms with Crippen molar-refractivity contribution >= 4 is 40.5 Å². The lowest BCUT2D eigenvalue weighted by molar-refractivity contribution is -0.142. The van der Waals surface area contributed by atoms with Crippen LogP contribution in [-0.4, -0.2) is 73.8 Å². The SMILES string of the molecule is CC(C)C(N)C(=O)NC(CCC(N)=O)C(=O)NC(Cc1cnc[nH]1)C(=O)NC(Cc1c[nH]c2ccccc12)C(=O)O. The highest BCUT2D eigenvalue weighted by atomic mass is 16.4. The van der Waals surface area contributed by atoms with Crippen LogP contribution >= 0.6 is 0 Å². The molecule has 0 aliphatic carbocycles. The van der Waals surface area contributed by atoms with Crippen molar-refractivity contribution in [1.29, 1.82) is 0 Å². The van der Waals surface area contributed by atoms with Gasteiger partial charge in [-0.2, -0.15) is 0 Å². The highest BCUT2D eigenvalue weighted by Crippen LogP contribution is 2.19. The molecule has 0 aliphatic rings. The van der Waals surface area contributed by atoms with Gasteiger partial charge in [0.2, 0.25) is 23.6 Å². The Morgan fingerprint density at radius 2 is 1.59 bits per heavy atom. The standard InChI is InChI=1S/C27H36N8O6/c1-14(2)23(29)26(39)33-19(7-8-22(28)36)24(37)34-20(10-16-12-30-13-32-16)25(38)35-21(27(40)41)9-15-11-31-18-6-4-3-5-17(15)18/h3-6,11-14,19-21,23,31H,7-10,29H2,1-2H3,(H2,28,36)(H,30,32)(H,33,39)(H,34,37)(H,35,38)(H,40,41). The summed E-state index contributed by atoms with van der Waals surface area (Å²) in [5.74, 6) is -4.30. The molecule has 0 fully saturated rings. The van der Waals surface area contributed by atoms with Gasteiger partial charge in [-0.3, -0.25) is 19.2 Å². The van der Waals surface area contributed by atoms with Crippen LogP contribution in [0, 0.1) is 5.92 Å². The molecule has 4 amide bonds. The van der Waals surface area contributed by atoms with E-state index in [0.29, 0.717) is 11.3 Å². The molecule has 2 aromatic heterocycles. The number of para-hydroxylation sites is 1. The van der Waals surface area contributed by atoms with Crippen LogP contribution in [0.3, 0.4) is 0 Å². The van der Waals surface area contributed by atoms with Crippen molar-refractivity contribution in [2.45, 2.75) is 63.7 Å². The van der Waals surface area contributed by atoms with Gasteiger partial charge in [0.25, 0.3) is 0 Å². The van der Waals surface area contributed by atoms with Gasteiger partial charge in [0.15, 0.2) is 0 Å². The quantitative estimate of drug-likeness (QED) is 0.118. The smallest absolute Gasteiger partial charge is 0.326 e. The molecule has 3 aromatic rings. The number of nitrogens with two attached hydrogens (primary N) is 2. The van der Waals surface area contributed by atoms with Crippen LogP contribution in [0.25, 0.3) is 10.9 Å². The summed E-state index contributed by atoms with van der Waals surface area (Å²) in [5, 5.41) is 18.3. The molecule has 0 saturated heterocycles. The van der Waals surface area contributed by atoms with E-state index in [4.69, 9.17) is 11.5 Å². The number of carbonyl (C=O) groups excluding carboxylic acids is 4. The van der Waals surface area contributed by atoms with Gasteiger partial charge >= 0.3 is 5.97 Å². The zero-order valence-electron chi connectivity index (χ0n) is 22.8. The van der Waals surface area contributed by atoms with Crippen LogP contribution in [0.5, 0.6) is 0 Å². The minimum atomic E-state index is -1.31. The van der Waals surface area contributed by atoms with E-state index in [1.54, 1.807) is 20.0 Å². The Hall–Kier alpha value is -4.72. The minimum Gasteiger partial charge on any atom is -0.480 e. The van der Waals surface area contributed by atoms with Crippen molar-refractivity contribution in [3.8, 4) is 0 Å². The predicted octanol–water partition coefficient (Wildman–Crippen LogP) is -0.536. The first-order chi connectivity index (χ1) is 19.5. The molecule has 4 atom stereocenters. The fraction of sp³-hybridized carbons (Fsp3) is 0.407. The fourth-order valence-corrected chi connectivity index (χ4v) is 4.22. The number of carbonyl (C=O) groups is 5. The third kappa shape index (κ3) is 8.63. The van der Waals surface area contributed by atoms with Gasteiger partial charge in [-0.25, -0.2) is 9.78 Å². The highest BCUT2D eigenvalue weighted by Gasteiger charge is 2.31. The Morgan fingerprint density at radius 3 is 2.22 bits per heavy atom. The molecule has 0 spiro atoms. The van der Waals surface area contributed by atoms with Crippen LogP contribution in [-0.2, 0) is 36.8 Å². The van der Waals surface area contributed by atoms with Gasteiger partial charge in [0.05, 0.1) is 12.4 Å². The predicted molar refractivity (Wildman–Crippen MR) is 149 cm³/mol. The van der Waals surface area contributed by atoms with Crippen molar-refractivity contribution in [1.82, 2.24) is 30.9 Å². The topological polar surface area (TPSA) is 238 Å². The lowest BCUT2D eigenvalue weighted by Gasteiger charge is -2.25. The lowest BCUT2D eigenvalue weighted by Crippen LogP contribution is -2.58. The Morgan fingerprint density at radius 1 is 0.927 bits per heavy atom. The number of hydrogen-bond acceptors (Lipinski definition) is 7. The van der Waals surface area contributed by atoms with E-state index in [0.717, 1.165) is 10.9 Å². The second-order valence-electron chi connectivity index (χ2n) is 10.1.